The number of hydrogen-bond acceptors (Lipinski definition) is 3. The number of anilines is 1. The van der Waals surface area contributed by atoms with Gasteiger partial charge in [0.2, 0.25) is 5.91 Å². The number of benzene rings is 1. The molecule has 20 heavy (non-hydrogen) atoms. The van der Waals surface area contributed by atoms with E-state index in [0.717, 1.165) is 16.8 Å². The van der Waals surface area contributed by atoms with Gasteiger partial charge in [0.1, 0.15) is 0 Å². The predicted molar refractivity (Wildman–Crippen MR) is 72.3 cm³/mol. The number of carbonyl (C=O) groups is 1. The van der Waals surface area contributed by atoms with Crippen molar-refractivity contribution < 1.29 is 13.6 Å². The number of hydrogen-bond donors (Lipinski definition) is 1. The number of amides is 1. The van der Waals surface area contributed by atoms with Crippen LogP contribution in [-0.2, 0) is 4.79 Å². The Balaban J connectivity index is 1.98. The van der Waals surface area contributed by atoms with E-state index < -0.39 is 6.08 Å². The molecule has 0 aliphatic carbocycles. The standard InChI is InChI=1S/C14H13F2N3O/c15-12(16)7-3-4-8-13(20)18-14-11-6-2-1-5-10(11)9-17-19-14/h1-2,5-7,9H,3-4,8H2,(H,18,19,20). The summed E-state index contributed by atoms with van der Waals surface area (Å²) in [6, 6.07) is 7.41. The highest BCUT2D eigenvalue weighted by Gasteiger charge is 2.07. The maximum absolute atomic E-state index is 11.8. The molecule has 0 aliphatic heterocycles. The summed E-state index contributed by atoms with van der Waals surface area (Å²) in [5.74, 6) is 0.128. The molecule has 0 spiro atoms. The maximum atomic E-state index is 11.8. The predicted octanol–water partition coefficient (Wildman–Crippen LogP) is 3.52. The average molecular weight is 277 g/mol. The first kappa shape index (κ1) is 14.0. The summed E-state index contributed by atoms with van der Waals surface area (Å²) < 4.78 is 23.6. The van der Waals surface area contributed by atoms with E-state index in [-0.39, 0.29) is 18.7 Å². The number of rotatable bonds is 5. The highest BCUT2D eigenvalue weighted by Crippen LogP contribution is 2.19. The monoisotopic (exact) mass is 277 g/mol. The summed E-state index contributed by atoms with van der Waals surface area (Å²) in [5.41, 5.74) is 0. The summed E-state index contributed by atoms with van der Waals surface area (Å²) >= 11 is 0. The fourth-order valence-electron chi connectivity index (χ4n) is 1.79. The van der Waals surface area contributed by atoms with Gasteiger partial charge in [-0.25, -0.2) is 0 Å². The molecule has 0 saturated heterocycles. The number of unbranched alkanes of at least 4 members (excludes halogenated alkanes) is 1. The van der Waals surface area contributed by atoms with Crippen LogP contribution < -0.4 is 5.32 Å². The summed E-state index contributed by atoms with van der Waals surface area (Å²) in [5, 5.41) is 12.0. The molecule has 1 aromatic carbocycles. The minimum atomic E-state index is -1.72. The van der Waals surface area contributed by atoms with Gasteiger partial charge in [0.05, 0.1) is 6.20 Å². The first-order valence-corrected chi connectivity index (χ1v) is 6.18. The molecule has 1 amide bonds. The Labute approximate surface area is 114 Å². The number of fused-ring (bicyclic) bond motifs is 1. The Morgan fingerprint density at radius 1 is 1.30 bits per heavy atom. The Bertz CT molecular complexity index is 634. The molecule has 2 rings (SSSR count). The topological polar surface area (TPSA) is 54.9 Å². The molecule has 6 heteroatoms. The molecular weight excluding hydrogens is 264 g/mol. The van der Waals surface area contributed by atoms with E-state index in [4.69, 9.17) is 0 Å². The smallest absolute Gasteiger partial charge is 0.266 e. The highest BCUT2D eigenvalue weighted by molar-refractivity contribution is 5.99. The molecular formula is C14H13F2N3O. The first-order valence-electron chi connectivity index (χ1n) is 6.18. The summed E-state index contributed by atoms with van der Waals surface area (Å²) in [7, 11) is 0. The van der Waals surface area contributed by atoms with Crippen LogP contribution in [0, 0.1) is 0 Å². The van der Waals surface area contributed by atoms with Crippen LogP contribution in [0.5, 0.6) is 0 Å². The number of halogens is 2. The fourth-order valence-corrected chi connectivity index (χ4v) is 1.79. The van der Waals surface area contributed by atoms with Crippen LogP contribution in [0.25, 0.3) is 10.8 Å². The van der Waals surface area contributed by atoms with Gasteiger partial charge >= 0.3 is 0 Å². The third kappa shape index (κ3) is 3.81. The lowest BCUT2D eigenvalue weighted by molar-refractivity contribution is -0.116. The Morgan fingerprint density at radius 2 is 2.10 bits per heavy atom. The van der Waals surface area contributed by atoms with Gasteiger partial charge in [0, 0.05) is 17.2 Å². The van der Waals surface area contributed by atoms with E-state index >= 15 is 0 Å². The zero-order valence-electron chi connectivity index (χ0n) is 10.6. The Kier molecular flexibility index (Phi) is 4.70. The fraction of sp³-hybridized carbons (Fsp3) is 0.214. The average Bonchev–Trinajstić information content (AvgIpc) is 2.44. The molecule has 4 nitrogen and oxygen atoms in total. The quantitative estimate of drug-likeness (QED) is 0.851. The lowest BCUT2D eigenvalue weighted by Gasteiger charge is -2.06. The molecule has 1 N–H and O–H groups in total. The van der Waals surface area contributed by atoms with Gasteiger partial charge in [-0.1, -0.05) is 24.3 Å². The SMILES string of the molecule is O=C(CCCC=C(F)F)Nc1nncc2ccccc12. The van der Waals surface area contributed by atoms with E-state index in [2.05, 4.69) is 15.5 Å². The van der Waals surface area contributed by atoms with Crippen LogP contribution in [0.3, 0.4) is 0 Å². The van der Waals surface area contributed by atoms with Crippen molar-refractivity contribution >= 4 is 22.5 Å². The third-order valence-corrected chi connectivity index (χ3v) is 2.73. The van der Waals surface area contributed by atoms with Gasteiger partial charge in [0.25, 0.3) is 6.08 Å². The molecule has 0 radical (unpaired) electrons. The third-order valence-electron chi connectivity index (χ3n) is 2.73. The van der Waals surface area contributed by atoms with Crippen molar-refractivity contribution in [3.8, 4) is 0 Å². The van der Waals surface area contributed by atoms with Gasteiger partial charge in [-0.3, -0.25) is 4.79 Å². The normalized spacial score (nSPS) is 10.3. The van der Waals surface area contributed by atoms with E-state index in [1.165, 1.54) is 0 Å². The van der Waals surface area contributed by atoms with Crippen LogP contribution in [-0.4, -0.2) is 16.1 Å². The molecule has 1 heterocycles. The zero-order valence-corrected chi connectivity index (χ0v) is 10.6. The van der Waals surface area contributed by atoms with Gasteiger partial charge < -0.3 is 5.32 Å². The van der Waals surface area contributed by atoms with E-state index in [1.807, 2.05) is 24.3 Å². The number of allylic oxidation sites excluding steroid dienone is 1. The van der Waals surface area contributed by atoms with Crippen LogP contribution in [0.15, 0.2) is 42.6 Å². The van der Waals surface area contributed by atoms with E-state index in [1.54, 1.807) is 6.20 Å². The van der Waals surface area contributed by atoms with Crippen molar-refractivity contribution in [2.75, 3.05) is 5.32 Å². The van der Waals surface area contributed by atoms with Gasteiger partial charge in [-0.15, -0.1) is 5.10 Å². The molecule has 104 valence electrons. The second kappa shape index (κ2) is 6.70. The van der Waals surface area contributed by atoms with E-state index in [0.29, 0.717) is 12.2 Å². The summed E-state index contributed by atoms with van der Waals surface area (Å²) in [4.78, 5) is 11.7. The highest BCUT2D eigenvalue weighted by atomic mass is 19.3. The van der Waals surface area contributed by atoms with Gasteiger partial charge in [0.15, 0.2) is 5.82 Å². The summed E-state index contributed by atoms with van der Waals surface area (Å²) in [6.45, 7) is 0. The van der Waals surface area contributed by atoms with Crippen molar-refractivity contribution in [1.82, 2.24) is 10.2 Å². The van der Waals surface area contributed by atoms with Crippen LogP contribution in [0.2, 0.25) is 0 Å². The number of carbonyl (C=O) groups excluding carboxylic acids is 1. The van der Waals surface area contributed by atoms with Crippen molar-refractivity contribution in [2.24, 2.45) is 0 Å². The van der Waals surface area contributed by atoms with Crippen molar-refractivity contribution in [1.29, 1.82) is 0 Å². The number of nitrogens with one attached hydrogen (secondary N) is 1. The van der Waals surface area contributed by atoms with Crippen molar-refractivity contribution in [3.63, 3.8) is 0 Å². The second-order valence-corrected chi connectivity index (χ2v) is 4.21. The lowest BCUT2D eigenvalue weighted by atomic mass is 10.2. The van der Waals surface area contributed by atoms with Crippen LogP contribution >= 0.6 is 0 Å². The number of aromatic nitrogens is 2. The second-order valence-electron chi connectivity index (χ2n) is 4.21. The molecule has 2 aromatic rings. The van der Waals surface area contributed by atoms with Crippen LogP contribution in [0.4, 0.5) is 14.6 Å². The zero-order chi connectivity index (χ0) is 14.4. The molecule has 0 fully saturated rings. The molecule has 0 bridgehead atoms. The Hall–Kier alpha value is -2.37. The molecule has 0 unspecified atom stereocenters. The molecule has 0 aliphatic rings. The maximum Gasteiger partial charge on any atom is 0.266 e. The molecule has 0 saturated carbocycles. The summed E-state index contributed by atoms with van der Waals surface area (Å²) in [6.07, 6.45) is 1.41. The minimum absolute atomic E-state index is 0.161. The first-order chi connectivity index (χ1) is 9.66. The minimum Gasteiger partial charge on any atom is -0.309 e. The molecule has 0 atom stereocenters. The molecule has 1 aromatic heterocycles. The van der Waals surface area contributed by atoms with Crippen molar-refractivity contribution in [2.45, 2.75) is 19.3 Å². The van der Waals surface area contributed by atoms with Gasteiger partial charge in [-0.2, -0.15) is 13.9 Å². The van der Waals surface area contributed by atoms with Crippen molar-refractivity contribution in [3.05, 3.63) is 42.6 Å². The van der Waals surface area contributed by atoms with Crippen LogP contribution in [0.1, 0.15) is 19.3 Å². The Morgan fingerprint density at radius 3 is 2.90 bits per heavy atom. The number of nitrogens with zero attached hydrogens (tertiary/aromatic N) is 2. The van der Waals surface area contributed by atoms with E-state index in [9.17, 15) is 13.6 Å². The lowest BCUT2D eigenvalue weighted by Crippen LogP contribution is -2.12. The van der Waals surface area contributed by atoms with Gasteiger partial charge in [-0.05, 0) is 18.9 Å². The largest absolute Gasteiger partial charge is 0.309 e.